The average Bonchev–Trinajstić information content (AvgIpc) is 2.42. The van der Waals surface area contributed by atoms with E-state index >= 15 is 0 Å². The van der Waals surface area contributed by atoms with Crippen LogP contribution in [0.1, 0.15) is 48.0 Å². The first-order valence-corrected chi connectivity index (χ1v) is 12.3. The fourth-order valence-electron chi connectivity index (χ4n) is 1.47. The van der Waals surface area contributed by atoms with Crippen molar-refractivity contribution in [1.29, 1.82) is 0 Å². The van der Waals surface area contributed by atoms with E-state index < -0.39 is 24.7 Å². The van der Waals surface area contributed by atoms with E-state index in [1.54, 1.807) is 26.8 Å². The minimum absolute atomic E-state index is 0.0665. The van der Waals surface area contributed by atoms with Crippen molar-refractivity contribution in [3.05, 3.63) is 12.2 Å². The van der Waals surface area contributed by atoms with Gasteiger partial charge in [-0.05, 0) is 38.9 Å². The monoisotopic (exact) mass is 436 g/mol. The zero-order valence-corrected chi connectivity index (χ0v) is 19.4. The minimum Gasteiger partial charge on any atom is -0.463 e. The van der Waals surface area contributed by atoms with Crippen LogP contribution >= 0.6 is 15.9 Å². The summed E-state index contributed by atoms with van der Waals surface area (Å²) in [7, 11) is -1.96. The first-order chi connectivity index (χ1) is 11.2. The maximum Gasteiger partial charge on any atom is 0.330 e. The predicted molar refractivity (Wildman–Crippen MR) is 106 cm³/mol. The Labute approximate surface area is 161 Å². The Kier molecular flexibility index (Phi) is 9.61. The van der Waals surface area contributed by atoms with Crippen LogP contribution in [0.25, 0.3) is 0 Å². The Balaban J connectivity index is 4.96. The summed E-state index contributed by atoms with van der Waals surface area (Å²) in [6.07, 6.45) is 2.95. The first-order valence-electron chi connectivity index (χ1n) is 8.58. The van der Waals surface area contributed by atoms with Crippen LogP contribution in [0.3, 0.4) is 0 Å². The molecule has 0 radical (unpaired) electrons. The Morgan fingerprint density at radius 2 is 1.72 bits per heavy atom. The molecular formula is C18H33BrO5Si. The third-order valence-electron chi connectivity index (χ3n) is 4.13. The fourth-order valence-corrected chi connectivity index (χ4v) is 2.59. The highest BCUT2D eigenvalue weighted by Gasteiger charge is 2.38. The summed E-state index contributed by atoms with van der Waals surface area (Å²) in [5.74, 6) is -0.764. The summed E-state index contributed by atoms with van der Waals surface area (Å²) in [4.78, 5) is 23.6. The molecule has 25 heavy (non-hydrogen) atoms. The molecule has 5 nitrogen and oxygen atoms in total. The molecule has 0 N–H and O–H groups in total. The summed E-state index contributed by atoms with van der Waals surface area (Å²) in [5.41, 5.74) is 0. The highest BCUT2D eigenvalue weighted by atomic mass is 79.9. The van der Waals surface area contributed by atoms with Gasteiger partial charge in [-0.3, -0.25) is 4.79 Å². The maximum absolute atomic E-state index is 12.2. The zero-order chi connectivity index (χ0) is 19.9. The van der Waals surface area contributed by atoms with Crippen molar-refractivity contribution in [1.82, 2.24) is 0 Å². The van der Waals surface area contributed by atoms with E-state index in [-0.39, 0.29) is 11.0 Å². The molecule has 1 atom stereocenters. The number of hydrogen-bond donors (Lipinski definition) is 0. The predicted octanol–water partition coefficient (Wildman–Crippen LogP) is 4.60. The van der Waals surface area contributed by atoms with Crippen LogP contribution in [-0.4, -0.2) is 43.9 Å². The van der Waals surface area contributed by atoms with Crippen LogP contribution in [-0.2, 0) is 23.5 Å². The van der Waals surface area contributed by atoms with Gasteiger partial charge in [-0.25, -0.2) is 4.79 Å². The summed E-state index contributed by atoms with van der Waals surface area (Å²) in [5, 5.41) is 0.0665. The number of ether oxygens (including phenoxy) is 2. The Morgan fingerprint density at radius 3 is 2.16 bits per heavy atom. The highest BCUT2D eigenvalue weighted by molar-refractivity contribution is 9.10. The third kappa shape index (κ3) is 9.56. The molecule has 0 saturated carbocycles. The third-order valence-corrected chi connectivity index (χ3v) is 8.96. The lowest BCUT2D eigenvalue weighted by atomic mass is 10.2. The number of alkyl halides is 1. The van der Waals surface area contributed by atoms with Gasteiger partial charge in [0.2, 0.25) is 0 Å². The van der Waals surface area contributed by atoms with Gasteiger partial charge in [0.25, 0.3) is 0 Å². The van der Waals surface area contributed by atoms with Crippen LogP contribution in [0, 0.1) is 0 Å². The molecule has 0 aliphatic rings. The molecular weight excluding hydrogens is 404 g/mol. The summed E-state index contributed by atoms with van der Waals surface area (Å²) >= 11 is 3.31. The molecule has 0 heterocycles. The van der Waals surface area contributed by atoms with Gasteiger partial charge >= 0.3 is 11.9 Å². The van der Waals surface area contributed by atoms with Gasteiger partial charge in [0.15, 0.2) is 8.32 Å². The van der Waals surface area contributed by atoms with E-state index in [4.69, 9.17) is 13.9 Å². The van der Waals surface area contributed by atoms with Crippen LogP contribution < -0.4 is 0 Å². The Morgan fingerprint density at radius 1 is 1.16 bits per heavy atom. The van der Waals surface area contributed by atoms with E-state index in [1.165, 1.54) is 6.08 Å². The van der Waals surface area contributed by atoms with Crippen LogP contribution in [0.4, 0.5) is 0 Å². The van der Waals surface area contributed by atoms with Gasteiger partial charge in [-0.15, -0.1) is 0 Å². The van der Waals surface area contributed by atoms with E-state index in [2.05, 4.69) is 49.8 Å². The second-order valence-corrected chi connectivity index (χ2v) is 14.8. The van der Waals surface area contributed by atoms with Crippen molar-refractivity contribution >= 4 is 36.2 Å². The molecule has 0 spiro atoms. The molecule has 0 rings (SSSR count). The Bertz CT molecular complexity index is 475. The standard InChI is InChI=1S/C18H33BrO5Si/c1-9-22-15(20)12-10-11-14(24-16(21)18(5,6)19)13-23-25(7,8)17(2,3)4/h10,12,14H,9,11,13H2,1-8H3/b12-10+/t14-/m0/s1. The fraction of sp³-hybridized carbons (Fsp3) is 0.778. The summed E-state index contributed by atoms with van der Waals surface area (Å²) in [6.45, 7) is 16.6. The molecule has 0 saturated heterocycles. The minimum atomic E-state index is -1.96. The van der Waals surface area contributed by atoms with E-state index in [1.807, 2.05) is 0 Å². The van der Waals surface area contributed by atoms with Crippen LogP contribution in [0.2, 0.25) is 18.1 Å². The summed E-state index contributed by atoms with van der Waals surface area (Å²) in [6, 6.07) is 0. The number of carbonyl (C=O) groups excluding carboxylic acids is 2. The molecule has 0 aromatic carbocycles. The molecule has 0 aliphatic carbocycles. The van der Waals surface area contributed by atoms with Crippen molar-refractivity contribution in [2.24, 2.45) is 0 Å². The normalized spacial score (nSPS) is 14.4. The molecule has 0 amide bonds. The Hall–Kier alpha value is -0.663. The lowest BCUT2D eigenvalue weighted by Crippen LogP contribution is -2.43. The van der Waals surface area contributed by atoms with Gasteiger partial charge in [-0.1, -0.05) is 42.8 Å². The van der Waals surface area contributed by atoms with E-state index in [9.17, 15) is 9.59 Å². The topological polar surface area (TPSA) is 61.8 Å². The number of esters is 2. The smallest absolute Gasteiger partial charge is 0.330 e. The number of hydrogen-bond acceptors (Lipinski definition) is 5. The van der Waals surface area contributed by atoms with E-state index in [0.717, 1.165) is 0 Å². The molecule has 0 fully saturated rings. The maximum atomic E-state index is 12.2. The molecule has 146 valence electrons. The number of carbonyl (C=O) groups is 2. The van der Waals surface area contributed by atoms with Crippen LogP contribution in [0.15, 0.2) is 12.2 Å². The molecule has 0 aromatic heterocycles. The summed E-state index contributed by atoms with van der Waals surface area (Å²) < 4.78 is 15.8. The molecule has 0 bridgehead atoms. The number of halogens is 1. The molecule has 0 aromatic rings. The van der Waals surface area contributed by atoms with Gasteiger partial charge in [0.05, 0.1) is 13.2 Å². The first kappa shape index (κ1) is 24.3. The van der Waals surface area contributed by atoms with Gasteiger partial charge in [0.1, 0.15) is 10.4 Å². The van der Waals surface area contributed by atoms with Crippen molar-refractivity contribution < 1.29 is 23.5 Å². The van der Waals surface area contributed by atoms with E-state index in [0.29, 0.717) is 19.6 Å². The van der Waals surface area contributed by atoms with Gasteiger partial charge < -0.3 is 13.9 Å². The van der Waals surface area contributed by atoms with Crippen molar-refractivity contribution in [3.8, 4) is 0 Å². The van der Waals surface area contributed by atoms with Crippen molar-refractivity contribution in [2.45, 2.75) is 76.5 Å². The second kappa shape index (κ2) is 9.88. The highest BCUT2D eigenvalue weighted by Crippen LogP contribution is 2.36. The second-order valence-electron chi connectivity index (χ2n) is 7.96. The average molecular weight is 437 g/mol. The SMILES string of the molecule is CCOC(=O)/C=C/C[C@@H](CO[Si](C)(C)C(C)(C)C)OC(=O)C(C)(C)Br. The van der Waals surface area contributed by atoms with Gasteiger partial charge in [0, 0.05) is 12.5 Å². The zero-order valence-electron chi connectivity index (χ0n) is 16.8. The van der Waals surface area contributed by atoms with Crippen molar-refractivity contribution in [3.63, 3.8) is 0 Å². The lowest BCUT2D eigenvalue weighted by molar-refractivity contribution is -0.152. The number of rotatable bonds is 9. The molecule has 0 unspecified atom stereocenters. The van der Waals surface area contributed by atoms with Crippen LogP contribution in [0.5, 0.6) is 0 Å². The quantitative estimate of drug-likeness (QED) is 0.228. The van der Waals surface area contributed by atoms with Crippen molar-refractivity contribution in [2.75, 3.05) is 13.2 Å². The molecule has 0 aliphatic heterocycles. The molecule has 7 heteroatoms. The lowest BCUT2D eigenvalue weighted by Gasteiger charge is -2.37. The van der Waals surface area contributed by atoms with Gasteiger partial charge in [-0.2, -0.15) is 0 Å². The largest absolute Gasteiger partial charge is 0.463 e.